The van der Waals surface area contributed by atoms with Crippen molar-refractivity contribution in [3.05, 3.63) is 48.0 Å². The maximum Gasteiger partial charge on any atom is 0.321 e. The van der Waals surface area contributed by atoms with Gasteiger partial charge in [-0.05, 0) is 55.0 Å². The van der Waals surface area contributed by atoms with E-state index in [4.69, 9.17) is 4.74 Å². The van der Waals surface area contributed by atoms with Crippen molar-refractivity contribution in [1.29, 1.82) is 0 Å². The number of carbonyl (C=O) groups excluding carboxylic acids is 1. The van der Waals surface area contributed by atoms with E-state index < -0.39 is 18.0 Å². The van der Waals surface area contributed by atoms with Crippen molar-refractivity contribution in [2.24, 2.45) is 0 Å². The molecule has 0 aliphatic carbocycles. The molecule has 2 aliphatic heterocycles. The molecule has 5 rings (SSSR count). The SMILES string of the molecule is O=C(Nc1ccc(F)c(-n2cc3cc(C4CCOCC4)cnc3n2)c1)N1CCC(F)C1. The largest absolute Gasteiger partial charge is 0.381 e. The first-order valence-corrected chi connectivity index (χ1v) is 10.5. The van der Waals surface area contributed by atoms with Gasteiger partial charge in [0.1, 0.15) is 17.7 Å². The highest BCUT2D eigenvalue weighted by atomic mass is 19.1. The molecule has 1 N–H and O–H groups in total. The number of ether oxygens (including phenoxy) is 1. The van der Waals surface area contributed by atoms with E-state index in [1.54, 1.807) is 6.20 Å². The number of likely N-dealkylation sites (tertiary alicyclic amines) is 1. The summed E-state index contributed by atoms with van der Waals surface area (Å²) in [5, 5.41) is 7.94. The molecule has 2 aliphatic rings. The number of urea groups is 1. The highest BCUT2D eigenvalue weighted by molar-refractivity contribution is 5.90. The Kier molecular flexibility index (Phi) is 5.27. The lowest BCUT2D eigenvalue weighted by atomic mass is 9.93. The summed E-state index contributed by atoms with van der Waals surface area (Å²) < 4.78 is 34.8. The standard InChI is InChI=1S/C22H23F2N5O2/c23-17-3-6-28(13-17)22(30)26-18-1-2-19(24)20(10-18)29-12-16-9-15(11-25-21(16)27-29)14-4-7-31-8-5-14/h1-2,9-12,14,17H,3-8,13H2,(H,26,30). The van der Waals surface area contributed by atoms with Crippen LogP contribution < -0.4 is 5.32 Å². The lowest BCUT2D eigenvalue weighted by molar-refractivity contribution is 0.0853. The fourth-order valence-electron chi connectivity index (χ4n) is 4.18. The van der Waals surface area contributed by atoms with Crippen LogP contribution in [0.1, 0.15) is 30.7 Å². The molecular weight excluding hydrogens is 404 g/mol. The van der Waals surface area contributed by atoms with Gasteiger partial charge >= 0.3 is 6.03 Å². The summed E-state index contributed by atoms with van der Waals surface area (Å²) in [4.78, 5) is 18.2. The average Bonchev–Trinajstić information content (AvgIpc) is 3.41. The van der Waals surface area contributed by atoms with Gasteiger partial charge in [-0.25, -0.2) is 23.2 Å². The van der Waals surface area contributed by atoms with E-state index >= 15 is 0 Å². The van der Waals surface area contributed by atoms with Gasteiger partial charge in [-0.2, -0.15) is 0 Å². The predicted octanol–water partition coefficient (Wildman–Crippen LogP) is 4.03. The highest BCUT2D eigenvalue weighted by Crippen LogP contribution is 2.29. The monoisotopic (exact) mass is 427 g/mol. The van der Waals surface area contributed by atoms with Crippen LogP contribution in [0.15, 0.2) is 36.7 Å². The summed E-state index contributed by atoms with van der Waals surface area (Å²) in [6.45, 7) is 1.93. The van der Waals surface area contributed by atoms with Crippen LogP contribution in [-0.2, 0) is 4.74 Å². The third-order valence-electron chi connectivity index (χ3n) is 5.93. The van der Waals surface area contributed by atoms with E-state index in [1.807, 2.05) is 12.3 Å². The number of alkyl halides is 1. The number of nitrogens with zero attached hydrogens (tertiary/aromatic N) is 4. The summed E-state index contributed by atoms with van der Waals surface area (Å²) in [7, 11) is 0. The van der Waals surface area contributed by atoms with Crippen LogP contribution in [0.5, 0.6) is 0 Å². The second-order valence-corrected chi connectivity index (χ2v) is 8.07. The number of amides is 2. The van der Waals surface area contributed by atoms with Crippen LogP contribution in [0.25, 0.3) is 16.7 Å². The molecule has 4 heterocycles. The topological polar surface area (TPSA) is 72.3 Å². The van der Waals surface area contributed by atoms with Crippen LogP contribution in [0, 0.1) is 5.82 Å². The van der Waals surface area contributed by atoms with Gasteiger partial charge < -0.3 is 15.0 Å². The number of halogens is 2. The number of hydrogen-bond acceptors (Lipinski definition) is 4. The van der Waals surface area contributed by atoms with Crippen molar-refractivity contribution >= 4 is 22.8 Å². The van der Waals surface area contributed by atoms with Crippen LogP contribution >= 0.6 is 0 Å². The van der Waals surface area contributed by atoms with Gasteiger partial charge in [0.15, 0.2) is 5.65 Å². The molecule has 0 spiro atoms. The van der Waals surface area contributed by atoms with E-state index in [2.05, 4.69) is 15.4 Å². The molecule has 3 aromatic rings. The average molecular weight is 427 g/mol. The molecule has 2 aromatic heterocycles. The van der Waals surface area contributed by atoms with E-state index in [0.717, 1.165) is 37.0 Å². The van der Waals surface area contributed by atoms with E-state index in [9.17, 15) is 13.6 Å². The minimum Gasteiger partial charge on any atom is -0.381 e. The minimum atomic E-state index is -0.996. The fourth-order valence-corrected chi connectivity index (χ4v) is 4.18. The molecule has 31 heavy (non-hydrogen) atoms. The maximum absolute atomic E-state index is 14.6. The number of aromatic nitrogens is 3. The number of pyridine rings is 1. The fraction of sp³-hybridized carbons (Fsp3) is 0.409. The second-order valence-electron chi connectivity index (χ2n) is 8.07. The zero-order valence-electron chi connectivity index (χ0n) is 16.9. The Hall–Kier alpha value is -3.07. The number of rotatable bonds is 3. The summed E-state index contributed by atoms with van der Waals surface area (Å²) in [6, 6.07) is 5.92. The third-order valence-corrected chi connectivity index (χ3v) is 5.93. The van der Waals surface area contributed by atoms with Gasteiger partial charge in [0.05, 0.1) is 6.54 Å². The molecule has 162 valence electrons. The van der Waals surface area contributed by atoms with E-state index in [0.29, 0.717) is 30.2 Å². The minimum absolute atomic E-state index is 0.0750. The molecule has 2 fully saturated rings. The van der Waals surface area contributed by atoms with Gasteiger partial charge in [0.25, 0.3) is 0 Å². The van der Waals surface area contributed by atoms with Crippen LogP contribution in [0.3, 0.4) is 0 Å². The Bertz CT molecular complexity index is 1110. The number of fused-ring (bicyclic) bond motifs is 1. The quantitative estimate of drug-likeness (QED) is 0.685. The highest BCUT2D eigenvalue weighted by Gasteiger charge is 2.26. The first kappa shape index (κ1) is 19.9. The Morgan fingerprint density at radius 1 is 1.19 bits per heavy atom. The molecule has 0 bridgehead atoms. The van der Waals surface area contributed by atoms with Crippen molar-refractivity contribution < 1.29 is 18.3 Å². The lowest BCUT2D eigenvalue weighted by Crippen LogP contribution is -2.33. The molecular formula is C22H23F2N5O2. The number of nitrogens with one attached hydrogen (secondary N) is 1. The zero-order valence-corrected chi connectivity index (χ0v) is 16.9. The van der Waals surface area contributed by atoms with Crippen LogP contribution in [-0.4, -0.2) is 58.2 Å². The second kappa shape index (κ2) is 8.22. The Morgan fingerprint density at radius 3 is 2.81 bits per heavy atom. The van der Waals surface area contributed by atoms with Crippen molar-refractivity contribution in [3.8, 4) is 5.69 Å². The lowest BCUT2D eigenvalue weighted by Gasteiger charge is -2.21. The van der Waals surface area contributed by atoms with Gasteiger partial charge in [-0.1, -0.05) is 0 Å². The zero-order chi connectivity index (χ0) is 21.4. The molecule has 0 saturated carbocycles. The maximum atomic E-state index is 14.6. The number of hydrogen-bond donors (Lipinski definition) is 1. The molecule has 2 saturated heterocycles. The van der Waals surface area contributed by atoms with Gasteiger partial charge in [0, 0.05) is 43.2 Å². The first-order chi connectivity index (χ1) is 15.1. The van der Waals surface area contributed by atoms with E-state index in [-0.39, 0.29) is 12.2 Å². The van der Waals surface area contributed by atoms with Crippen molar-refractivity contribution in [1.82, 2.24) is 19.7 Å². The Balaban J connectivity index is 1.40. The van der Waals surface area contributed by atoms with E-state index in [1.165, 1.54) is 27.8 Å². The summed E-state index contributed by atoms with van der Waals surface area (Å²) in [5.74, 6) is -0.0702. The van der Waals surface area contributed by atoms with Gasteiger partial charge in [0.2, 0.25) is 0 Å². The molecule has 7 nitrogen and oxygen atoms in total. The number of benzene rings is 1. The van der Waals surface area contributed by atoms with Crippen molar-refractivity contribution in [2.75, 3.05) is 31.6 Å². The number of anilines is 1. The third kappa shape index (κ3) is 4.10. The molecule has 1 aromatic carbocycles. The summed E-state index contributed by atoms with van der Waals surface area (Å²) >= 11 is 0. The molecule has 1 atom stereocenters. The van der Waals surface area contributed by atoms with Gasteiger partial charge in [-0.15, -0.1) is 5.10 Å². The summed E-state index contributed by atoms with van der Waals surface area (Å²) in [6.07, 6.45) is 4.82. The molecule has 1 unspecified atom stereocenters. The first-order valence-electron chi connectivity index (χ1n) is 10.5. The predicted molar refractivity (Wildman–Crippen MR) is 112 cm³/mol. The summed E-state index contributed by atoms with van der Waals surface area (Å²) in [5.41, 5.74) is 2.27. The van der Waals surface area contributed by atoms with Crippen LogP contribution in [0.4, 0.5) is 19.3 Å². The van der Waals surface area contributed by atoms with Crippen molar-refractivity contribution in [3.63, 3.8) is 0 Å². The molecule has 9 heteroatoms. The smallest absolute Gasteiger partial charge is 0.321 e. The molecule has 2 amide bonds. The van der Waals surface area contributed by atoms with Crippen molar-refractivity contribution in [2.45, 2.75) is 31.4 Å². The van der Waals surface area contributed by atoms with Crippen LogP contribution in [0.2, 0.25) is 0 Å². The molecule has 0 radical (unpaired) electrons. The normalized spacial score (nSPS) is 19.8. The Morgan fingerprint density at radius 2 is 2.03 bits per heavy atom. The Labute approximate surface area is 178 Å². The number of carbonyl (C=O) groups is 1. The van der Waals surface area contributed by atoms with Gasteiger partial charge in [-0.3, -0.25) is 0 Å².